The Bertz CT molecular complexity index is 1520. The number of aliphatic hydroxyl groups excluding tert-OH is 1. The number of rotatable bonds is 9. The molecule has 3 saturated heterocycles. The fourth-order valence-corrected chi connectivity index (χ4v) is 5.81. The van der Waals surface area contributed by atoms with E-state index in [1.54, 1.807) is 18.2 Å². The minimum atomic E-state index is -1.42. The summed E-state index contributed by atoms with van der Waals surface area (Å²) in [6, 6.07) is 15.8. The Morgan fingerprint density at radius 2 is 1.93 bits per heavy atom. The van der Waals surface area contributed by atoms with Gasteiger partial charge in [-0.2, -0.15) is 10.2 Å². The number of ether oxygens (including phenoxy) is 2. The summed E-state index contributed by atoms with van der Waals surface area (Å²) in [6.07, 6.45) is -1.38. The highest BCUT2D eigenvalue weighted by molar-refractivity contribution is 5.76. The SMILES string of the molecule is CC(O)CC(=O)N1CCC(Oc2ccc(-c3ncnc(Nc4ccc(N5CCN(C6COC6)CC5)cc4)n3)cc2C#N)C(F)C1. The molecule has 3 aromatic rings. The maximum Gasteiger partial charge on any atom is 0.230 e. The van der Waals surface area contributed by atoms with Crippen LogP contribution in [0.25, 0.3) is 11.4 Å². The Morgan fingerprint density at radius 3 is 2.60 bits per heavy atom. The minimum absolute atomic E-state index is 0.0476. The smallest absolute Gasteiger partial charge is 0.230 e. The molecule has 13 heteroatoms. The first-order valence-corrected chi connectivity index (χ1v) is 15.3. The van der Waals surface area contributed by atoms with Crippen molar-refractivity contribution in [3.05, 3.63) is 54.4 Å². The normalized spacial score (nSPS) is 21.5. The number of carbonyl (C=O) groups is 1. The first kappa shape index (κ1) is 30.6. The summed E-state index contributed by atoms with van der Waals surface area (Å²) < 4.78 is 26.2. The summed E-state index contributed by atoms with van der Waals surface area (Å²) >= 11 is 0. The number of nitrogens with one attached hydrogen (secondary N) is 1. The van der Waals surface area contributed by atoms with Crippen LogP contribution >= 0.6 is 0 Å². The molecular weight excluding hydrogens is 579 g/mol. The number of benzene rings is 2. The molecule has 2 N–H and O–H groups in total. The largest absolute Gasteiger partial charge is 0.486 e. The second-order valence-electron chi connectivity index (χ2n) is 11.7. The van der Waals surface area contributed by atoms with Crippen molar-refractivity contribution in [1.82, 2.24) is 24.8 Å². The fourth-order valence-electron chi connectivity index (χ4n) is 5.81. The number of likely N-dealkylation sites (tertiary alicyclic amines) is 1. The quantitative estimate of drug-likeness (QED) is 0.367. The molecule has 3 aliphatic rings. The van der Waals surface area contributed by atoms with Crippen molar-refractivity contribution >= 4 is 23.2 Å². The molecule has 0 bridgehead atoms. The number of hydrogen-bond acceptors (Lipinski definition) is 11. The molecule has 45 heavy (non-hydrogen) atoms. The van der Waals surface area contributed by atoms with Crippen molar-refractivity contribution in [3.8, 4) is 23.2 Å². The maximum atomic E-state index is 15.0. The number of amides is 1. The number of nitrogens with zero attached hydrogens (tertiary/aromatic N) is 7. The number of aromatic nitrogens is 3. The molecule has 3 unspecified atom stereocenters. The molecule has 0 aliphatic carbocycles. The number of piperazine rings is 1. The number of alkyl halides is 1. The molecule has 3 fully saturated rings. The molecule has 236 valence electrons. The third kappa shape index (κ3) is 7.30. The van der Waals surface area contributed by atoms with Crippen molar-refractivity contribution in [2.24, 2.45) is 0 Å². The van der Waals surface area contributed by atoms with Crippen molar-refractivity contribution < 1.29 is 23.8 Å². The number of hydrogen-bond donors (Lipinski definition) is 2. The van der Waals surface area contributed by atoms with Crippen LogP contribution in [0.2, 0.25) is 0 Å². The highest BCUT2D eigenvalue weighted by atomic mass is 19.1. The molecule has 0 radical (unpaired) electrons. The van der Waals surface area contributed by atoms with Gasteiger partial charge in [-0.15, -0.1) is 0 Å². The molecule has 1 aromatic heterocycles. The Morgan fingerprint density at radius 1 is 1.16 bits per heavy atom. The van der Waals surface area contributed by atoms with Gasteiger partial charge in [0.05, 0.1) is 43.9 Å². The summed E-state index contributed by atoms with van der Waals surface area (Å²) in [6.45, 7) is 7.43. The zero-order valence-electron chi connectivity index (χ0n) is 25.2. The first-order valence-electron chi connectivity index (χ1n) is 15.3. The average Bonchev–Trinajstić information content (AvgIpc) is 3.02. The van der Waals surface area contributed by atoms with Gasteiger partial charge in [-0.05, 0) is 49.4 Å². The van der Waals surface area contributed by atoms with E-state index in [-0.39, 0.29) is 36.6 Å². The molecule has 12 nitrogen and oxygen atoms in total. The molecule has 0 saturated carbocycles. The van der Waals surface area contributed by atoms with Crippen LogP contribution in [0.15, 0.2) is 48.8 Å². The fraction of sp³-hybridized carbons (Fsp3) is 0.469. The lowest BCUT2D eigenvalue weighted by Gasteiger charge is -2.43. The molecule has 4 heterocycles. The van der Waals surface area contributed by atoms with E-state index in [1.807, 2.05) is 12.1 Å². The summed E-state index contributed by atoms with van der Waals surface area (Å²) in [5, 5.41) is 22.5. The van der Waals surface area contributed by atoms with Gasteiger partial charge in [-0.3, -0.25) is 9.69 Å². The van der Waals surface area contributed by atoms with Crippen LogP contribution in [0.1, 0.15) is 25.3 Å². The molecule has 6 rings (SSSR count). The highest BCUT2D eigenvalue weighted by Crippen LogP contribution is 2.29. The lowest BCUT2D eigenvalue weighted by atomic mass is 10.0. The number of piperidine rings is 1. The number of anilines is 3. The van der Waals surface area contributed by atoms with Gasteiger partial charge in [-0.1, -0.05) is 0 Å². The summed E-state index contributed by atoms with van der Waals surface area (Å²) in [5.74, 6) is 0.694. The van der Waals surface area contributed by atoms with E-state index in [2.05, 4.69) is 48.3 Å². The van der Waals surface area contributed by atoms with Gasteiger partial charge in [0.1, 0.15) is 24.3 Å². The number of nitriles is 1. The van der Waals surface area contributed by atoms with Crippen molar-refractivity contribution in [2.45, 2.75) is 44.2 Å². The van der Waals surface area contributed by atoms with Gasteiger partial charge in [0.15, 0.2) is 12.0 Å². The van der Waals surface area contributed by atoms with Gasteiger partial charge >= 0.3 is 0 Å². The van der Waals surface area contributed by atoms with Crippen LogP contribution in [-0.2, 0) is 9.53 Å². The summed E-state index contributed by atoms with van der Waals surface area (Å²) in [7, 11) is 0. The summed E-state index contributed by atoms with van der Waals surface area (Å²) in [4.78, 5) is 31.6. The van der Waals surface area contributed by atoms with Crippen LogP contribution in [0.5, 0.6) is 5.75 Å². The third-order valence-electron chi connectivity index (χ3n) is 8.45. The van der Waals surface area contributed by atoms with E-state index >= 15 is 0 Å². The van der Waals surface area contributed by atoms with Crippen LogP contribution in [0.3, 0.4) is 0 Å². The average molecular weight is 617 g/mol. The molecule has 3 aliphatic heterocycles. The molecule has 3 atom stereocenters. The Balaban J connectivity index is 1.06. The predicted octanol–water partition coefficient (Wildman–Crippen LogP) is 2.76. The van der Waals surface area contributed by atoms with Gasteiger partial charge < -0.3 is 29.7 Å². The molecule has 1 amide bonds. The number of halogens is 1. The first-order chi connectivity index (χ1) is 21.9. The van der Waals surface area contributed by atoms with E-state index in [0.717, 1.165) is 45.1 Å². The Hall–Kier alpha value is -4.38. The third-order valence-corrected chi connectivity index (χ3v) is 8.45. The monoisotopic (exact) mass is 616 g/mol. The van der Waals surface area contributed by atoms with E-state index in [9.17, 15) is 19.6 Å². The Labute approximate surface area is 261 Å². The number of aliphatic hydroxyl groups is 1. The van der Waals surface area contributed by atoms with Gasteiger partial charge in [0, 0.05) is 56.1 Å². The van der Waals surface area contributed by atoms with E-state index in [4.69, 9.17) is 9.47 Å². The van der Waals surface area contributed by atoms with Crippen LogP contribution in [0, 0.1) is 11.3 Å². The summed E-state index contributed by atoms with van der Waals surface area (Å²) in [5.41, 5.74) is 2.81. The van der Waals surface area contributed by atoms with Gasteiger partial charge in [-0.25, -0.2) is 14.4 Å². The van der Waals surface area contributed by atoms with Gasteiger partial charge in [0.25, 0.3) is 0 Å². The lowest BCUT2D eigenvalue weighted by Crippen LogP contribution is -2.56. The van der Waals surface area contributed by atoms with Crippen LogP contribution in [-0.4, -0.2) is 113 Å². The minimum Gasteiger partial charge on any atom is -0.486 e. The second-order valence-corrected chi connectivity index (χ2v) is 11.7. The number of carbonyl (C=O) groups excluding carboxylic acids is 1. The zero-order valence-corrected chi connectivity index (χ0v) is 25.2. The van der Waals surface area contributed by atoms with Crippen molar-refractivity contribution in [2.75, 3.05) is 62.7 Å². The van der Waals surface area contributed by atoms with Gasteiger partial charge in [0.2, 0.25) is 11.9 Å². The van der Waals surface area contributed by atoms with E-state index in [0.29, 0.717) is 29.9 Å². The standard InChI is InChI=1S/C32H37FN8O4/c1-21(42)14-30(43)41-9-8-29(27(33)17-41)45-28-7-2-22(15-23(28)16-34)31-35-20-36-32(38-31)37-24-3-5-25(6-4-24)39-10-12-40(13-11-39)26-18-44-19-26/h2-7,15,20-21,26-27,29,42H,8-14,17-19H2,1H3,(H,35,36,37,38). The zero-order chi connectivity index (χ0) is 31.3. The topological polar surface area (TPSA) is 140 Å². The van der Waals surface area contributed by atoms with Crippen molar-refractivity contribution in [3.63, 3.8) is 0 Å². The van der Waals surface area contributed by atoms with Crippen molar-refractivity contribution in [1.29, 1.82) is 5.26 Å². The highest BCUT2D eigenvalue weighted by Gasteiger charge is 2.34. The van der Waals surface area contributed by atoms with E-state index in [1.165, 1.54) is 23.8 Å². The lowest BCUT2D eigenvalue weighted by molar-refractivity contribution is -0.136. The Kier molecular flexibility index (Phi) is 9.34. The molecule has 2 aromatic carbocycles. The van der Waals surface area contributed by atoms with Crippen LogP contribution in [0.4, 0.5) is 21.7 Å². The second kappa shape index (κ2) is 13.7. The maximum absolute atomic E-state index is 15.0. The van der Waals surface area contributed by atoms with Crippen LogP contribution < -0.4 is 15.0 Å². The molecule has 0 spiro atoms. The van der Waals surface area contributed by atoms with E-state index < -0.39 is 18.4 Å². The molecular formula is C32H37FN8O4. The predicted molar refractivity (Wildman–Crippen MR) is 165 cm³/mol.